The van der Waals surface area contributed by atoms with E-state index in [9.17, 15) is 5.11 Å². The van der Waals surface area contributed by atoms with E-state index < -0.39 is 8.32 Å². The number of fused-ring (bicyclic) bond motifs is 1. The van der Waals surface area contributed by atoms with Crippen LogP contribution in [0, 0.1) is 0 Å². The molecule has 0 spiro atoms. The summed E-state index contributed by atoms with van der Waals surface area (Å²) < 4.78 is 6.87. The van der Waals surface area contributed by atoms with Crippen molar-refractivity contribution < 1.29 is 9.53 Å². The molecule has 0 saturated carbocycles. The maximum Gasteiger partial charge on any atom is 0.192 e. The molecule has 2 aromatic carbocycles. The Balaban J connectivity index is 2.19. The van der Waals surface area contributed by atoms with Crippen LogP contribution < -0.4 is 0 Å². The van der Waals surface area contributed by atoms with Gasteiger partial charge in [-0.3, -0.25) is 0 Å². The number of hydrogen-bond acceptors (Lipinski definition) is 2. The van der Waals surface area contributed by atoms with E-state index in [1.807, 2.05) is 12.1 Å². The second-order valence-corrected chi connectivity index (χ2v) is 14.5. The quantitative estimate of drug-likeness (QED) is 0.320. The molecule has 0 radical (unpaired) electrons. The molecule has 0 heterocycles. The maximum atomic E-state index is 9.87. The Labute approximate surface area is 173 Å². The van der Waals surface area contributed by atoms with Crippen LogP contribution in [0.1, 0.15) is 84.3 Å². The molecule has 28 heavy (non-hydrogen) atoms. The molecule has 0 bridgehead atoms. The Kier molecular flexibility index (Phi) is 8.14. The summed E-state index contributed by atoms with van der Waals surface area (Å²) >= 11 is 0. The Morgan fingerprint density at radius 1 is 0.893 bits per heavy atom. The molecule has 3 heteroatoms. The average Bonchev–Trinajstić information content (AvgIpc) is 2.62. The van der Waals surface area contributed by atoms with E-state index in [-0.39, 0.29) is 11.1 Å². The van der Waals surface area contributed by atoms with Crippen molar-refractivity contribution in [1.29, 1.82) is 0 Å². The zero-order valence-corrected chi connectivity index (χ0v) is 19.8. The zero-order chi connectivity index (χ0) is 20.8. The molecular formula is C25H40O2Si. The molecular weight excluding hydrogens is 360 g/mol. The molecule has 1 N–H and O–H groups in total. The highest BCUT2D eigenvalue weighted by atomic mass is 28.4. The van der Waals surface area contributed by atoms with Crippen molar-refractivity contribution in [2.75, 3.05) is 0 Å². The molecule has 0 saturated heterocycles. The summed E-state index contributed by atoms with van der Waals surface area (Å²) in [7, 11) is -1.86. The highest BCUT2D eigenvalue weighted by Crippen LogP contribution is 2.41. The SMILES string of the molecule is CCCCCCCCC(O[Si](C)(C)C(C)(C)C)c1ccc2ccc(O)cc2c1. The topological polar surface area (TPSA) is 29.5 Å². The van der Waals surface area contributed by atoms with Crippen molar-refractivity contribution in [1.82, 2.24) is 0 Å². The van der Waals surface area contributed by atoms with Crippen LogP contribution in [-0.4, -0.2) is 13.4 Å². The third-order valence-electron chi connectivity index (χ3n) is 6.28. The number of benzene rings is 2. The van der Waals surface area contributed by atoms with Crippen molar-refractivity contribution in [3.8, 4) is 5.75 Å². The number of phenols is 1. The van der Waals surface area contributed by atoms with Crippen molar-refractivity contribution in [3.05, 3.63) is 42.0 Å². The summed E-state index contributed by atoms with van der Waals surface area (Å²) in [5.41, 5.74) is 1.25. The first kappa shape index (κ1) is 23.0. The fourth-order valence-electron chi connectivity index (χ4n) is 3.39. The van der Waals surface area contributed by atoms with E-state index in [0.717, 1.165) is 17.2 Å². The van der Waals surface area contributed by atoms with Gasteiger partial charge < -0.3 is 9.53 Å². The summed E-state index contributed by atoms with van der Waals surface area (Å²) in [6, 6.07) is 12.2. The smallest absolute Gasteiger partial charge is 0.192 e. The highest BCUT2D eigenvalue weighted by Gasteiger charge is 2.39. The normalized spacial score (nSPS) is 13.8. The van der Waals surface area contributed by atoms with Gasteiger partial charge in [-0.25, -0.2) is 0 Å². The lowest BCUT2D eigenvalue weighted by Crippen LogP contribution is -2.41. The second kappa shape index (κ2) is 9.93. The zero-order valence-electron chi connectivity index (χ0n) is 18.8. The minimum atomic E-state index is -1.86. The van der Waals surface area contributed by atoms with Crippen LogP contribution in [0.25, 0.3) is 10.8 Å². The predicted octanol–water partition coefficient (Wildman–Crippen LogP) is 8.36. The average molecular weight is 401 g/mol. The third-order valence-corrected chi connectivity index (χ3v) is 10.8. The van der Waals surface area contributed by atoms with Gasteiger partial charge in [-0.15, -0.1) is 0 Å². The molecule has 0 fully saturated rings. The third kappa shape index (κ3) is 6.35. The standard InChI is InChI=1S/C25H40O2Si/c1-7-8-9-10-11-12-13-24(27-28(5,6)25(2,3)4)21-15-14-20-16-17-23(26)19-22(20)18-21/h14-19,24,26H,7-13H2,1-6H3. The van der Waals surface area contributed by atoms with Crippen LogP contribution in [0.3, 0.4) is 0 Å². The first-order valence-corrected chi connectivity index (χ1v) is 14.0. The van der Waals surface area contributed by atoms with Crippen LogP contribution in [0.15, 0.2) is 36.4 Å². The molecule has 1 unspecified atom stereocenters. The largest absolute Gasteiger partial charge is 0.508 e. The monoisotopic (exact) mass is 400 g/mol. The van der Waals surface area contributed by atoms with E-state index in [1.54, 1.807) is 6.07 Å². The summed E-state index contributed by atoms with van der Waals surface area (Å²) in [6.45, 7) is 13.9. The number of phenolic OH excluding ortho intramolecular Hbond substituents is 1. The van der Waals surface area contributed by atoms with Gasteiger partial charge in [0, 0.05) is 0 Å². The molecule has 2 aromatic rings. The minimum absolute atomic E-state index is 0.138. The molecule has 0 amide bonds. The van der Waals surface area contributed by atoms with Crippen LogP contribution >= 0.6 is 0 Å². The lowest BCUT2D eigenvalue weighted by Gasteiger charge is -2.39. The minimum Gasteiger partial charge on any atom is -0.508 e. The first-order valence-electron chi connectivity index (χ1n) is 11.0. The van der Waals surface area contributed by atoms with Crippen molar-refractivity contribution >= 4 is 19.1 Å². The first-order chi connectivity index (χ1) is 13.1. The van der Waals surface area contributed by atoms with Crippen molar-refractivity contribution in [3.63, 3.8) is 0 Å². The van der Waals surface area contributed by atoms with Crippen molar-refractivity contribution in [2.45, 2.75) is 96.9 Å². The molecule has 156 valence electrons. The Hall–Kier alpha value is -1.32. The molecule has 1 atom stereocenters. The molecule has 0 aliphatic heterocycles. The van der Waals surface area contributed by atoms with Crippen LogP contribution in [0.4, 0.5) is 0 Å². The van der Waals surface area contributed by atoms with Crippen molar-refractivity contribution in [2.24, 2.45) is 0 Å². The van der Waals surface area contributed by atoms with Crippen LogP contribution in [0.5, 0.6) is 5.75 Å². The van der Waals surface area contributed by atoms with E-state index in [4.69, 9.17) is 4.43 Å². The Morgan fingerprint density at radius 2 is 1.54 bits per heavy atom. The van der Waals surface area contributed by atoms with Gasteiger partial charge in [0.05, 0.1) is 6.10 Å². The lowest BCUT2D eigenvalue weighted by atomic mass is 9.99. The van der Waals surface area contributed by atoms with E-state index in [2.05, 4.69) is 59.0 Å². The van der Waals surface area contributed by atoms with Gasteiger partial charge in [0.15, 0.2) is 8.32 Å². The predicted molar refractivity (Wildman–Crippen MR) is 125 cm³/mol. The Morgan fingerprint density at radius 3 is 2.21 bits per heavy atom. The maximum absolute atomic E-state index is 9.87. The van der Waals surface area contributed by atoms with Gasteiger partial charge in [0.25, 0.3) is 0 Å². The highest BCUT2D eigenvalue weighted by molar-refractivity contribution is 6.74. The summed E-state index contributed by atoms with van der Waals surface area (Å²) in [4.78, 5) is 0. The Bertz CT molecular complexity index is 746. The van der Waals surface area contributed by atoms with Crippen LogP contribution in [0.2, 0.25) is 18.1 Å². The fraction of sp³-hybridized carbons (Fsp3) is 0.600. The van der Waals surface area contributed by atoms with Gasteiger partial charge >= 0.3 is 0 Å². The van der Waals surface area contributed by atoms with E-state index in [0.29, 0.717) is 5.75 Å². The number of hydrogen-bond donors (Lipinski definition) is 1. The van der Waals surface area contributed by atoms with E-state index in [1.165, 1.54) is 44.1 Å². The van der Waals surface area contributed by atoms with Crippen LogP contribution in [-0.2, 0) is 4.43 Å². The molecule has 0 aromatic heterocycles. The van der Waals surface area contributed by atoms with E-state index >= 15 is 0 Å². The van der Waals surface area contributed by atoms with Gasteiger partial charge in [-0.05, 0) is 59.1 Å². The summed E-state index contributed by atoms with van der Waals surface area (Å²) in [6.07, 6.45) is 9.01. The molecule has 2 nitrogen and oxygen atoms in total. The van der Waals surface area contributed by atoms with Gasteiger partial charge in [0.1, 0.15) is 5.75 Å². The second-order valence-electron chi connectivity index (χ2n) is 9.71. The lowest BCUT2D eigenvalue weighted by molar-refractivity contribution is 0.169. The fourth-order valence-corrected chi connectivity index (χ4v) is 4.71. The molecule has 0 aliphatic rings. The summed E-state index contributed by atoms with van der Waals surface area (Å²) in [5, 5.41) is 12.3. The molecule has 2 rings (SSSR count). The number of aromatic hydroxyl groups is 1. The number of unbranched alkanes of at least 4 members (excludes halogenated alkanes) is 5. The van der Waals surface area contributed by atoms with Gasteiger partial charge in [-0.2, -0.15) is 0 Å². The van der Waals surface area contributed by atoms with Gasteiger partial charge in [-0.1, -0.05) is 84.4 Å². The number of rotatable bonds is 10. The van der Waals surface area contributed by atoms with Gasteiger partial charge in [0.2, 0.25) is 0 Å². The molecule has 0 aliphatic carbocycles. The summed E-state index contributed by atoms with van der Waals surface area (Å²) in [5.74, 6) is 0.322.